The first-order chi connectivity index (χ1) is 20.3. The SMILES string of the molecule is O=C(O)Nc1ccc2c(c1)N(S(=O)(=O)c1cccc(C(F)(F)F)c1)CC(CC(=O)NS(=O)(=O)c1ccc(C(F)(F)F)cn1)O2. The molecule has 0 radical (unpaired) electrons. The van der Waals surface area contributed by atoms with Crippen LogP contribution < -0.4 is 19.1 Å². The summed E-state index contributed by atoms with van der Waals surface area (Å²) in [6.07, 6.45) is -13.3. The lowest BCUT2D eigenvalue weighted by Gasteiger charge is -2.35. The molecule has 2 amide bonds. The zero-order valence-electron chi connectivity index (χ0n) is 21.5. The number of carbonyl (C=O) groups is 2. The molecule has 2 aromatic carbocycles. The van der Waals surface area contributed by atoms with Crippen LogP contribution in [0, 0.1) is 0 Å². The molecule has 3 N–H and O–H groups in total. The Morgan fingerprint density at radius 1 is 0.955 bits per heavy atom. The first-order valence-corrected chi connectivity index (χ1v) is 14.8. The van der Waals surface area contributed by atoms with Crippen molar-refractivity contribution < 1.29 is 62.6 Å². The maximum atomic E-state index is 13.6. The summed E-state index contributed by atoms with van der Waals surface area (Å²) >= 11 is 0. The average Bonchev–Trinajstić information content (AvgIpc) is 2.91. The molecule has 3 aromatic rings. The van der Waals surface area contributed by atoms with E-state index >= 15 is 0 Å². The molecule has 44 heavy (non-hydrogen) atoms. The Kier molecular flexibility index (Phi) is 8.44. The van der Waals surface area contributed by atoms with Gasteiger partial charge >= 0.3 is 18.4 Å². The van der Waals surface area contributed by atoms with E-state index in [-0.39, 0.29) is 23.3 Å². The Balaban J connectivity index is 1.63. The highest BCUT2D eigenvalue weighted by Crippen LogP contribution is 2.40. The van der Waals surface area contributed by atoms with E-state index in [1.807, 2.05) is 5.32 Å². The van der Waals surface area contributed by atoms with E-state index in [0.29, 0.717) is 28.6 Å². The third-order valence-corrected chi connectivity index (χ3v) is 8.96. The second-order valence-electron chi connectivity index (χ2n) is 9.03. The first-order valence-electron chi connectivity index (χ1n) is 11.9. The number of carboxylic acid groups (broad SMARTS) is 1. The largest absolute Gasteiger partial charge is 0.486 e. The van der Waals surface area contributed by atoms with Crippen molar-refractivity contribution in [3.05, 3.63) is 71.9 Å². The quantitative estimate of drug-likeness (QED) is 0.314. The predicted molar refractivity (Wildman–Crippen MR) is 138 cm³/mol. The van der Waals surface area contributed by atoms with E-state index in [2.05, 4.69) is 4.98 Å². The normalized spacial score (nSPS) is 15.6. The number of pyridine rings is 1. The summed E-state index contributed by atoms with van der Waals surface area (Å²) in [5.41, 5.74) is -2.99. The molecule has 1 unspecified atom stereocenters. The lowest BCUT2D eigenvalue weighted by Crippen LogP contribution is -2.46. The molecule has 1 aromatic heterocycles. The van der Waals surface area contributed by atoms with Gasteiger partial charge in [-0.2, -0.15) is 34.8 Å². The van der Waals surface area contributed by atoms with E-state index in [1.54, 1.807) is 4.72 Å². The maximum absolute atomic E-state index is 13.6. The van der Waals surface area contributed by atoms with Crippen LogP contribution in [0.25, 0.3) is 0 Å². The topological polar surface area (TPSA) is 172 Å². The number of nitrogens with zero attached hydrogens (tertiary/aromatic N) is 2. The van der Waals surface area contributed by atoms with Gasteiger partial charge in [0.1, 0.15) is 11.9 Å². The van der Waals surface area contributed by atoms with Crippen molar-refractivity contribution in [2.45, 2.75) is 34.8 Å². The number of carbonyl (C=O) groups excluding carboxylic acids is 1. The number of aromatic nitrogens is 1. The van der Waals surface area contributed by atoms with E-state index in [9.17, 15) is 52.8 Å². The van der Waals surface area contributed by atoms with Gasteiger partial charge in [0.2, 0.25) is 5.91 Å². The minimum atomic E-state index is -4.90. The van der Waals surface area contributed by atoms with Crippen molar-refractivity contribution in [1.82, 2.24) is 9.71 Å². The number of halogens is 6. The minimum absolute atomic E-state index is 0.143. The number of fused-ring (bicyclic) bond motifs is 1. The van der Waals surface area contributed by atoms with Crippen molar-refractivity contribution in [3.8, 4) is 5.75 Å². The number of rotatable bonds is 7. The van der Waals surface area contributed by atoms with E-state index in [0.717, 1.165) is 30.3 Å². The third kappa shape index (κ3) is 7.13. The predicted octanol–water partition coefficient (Wildman–Crippen LogP) is 4.06. The van der Waals surface area contributed by atoms with Crippen LogP contribution in [0.2, 0.25) is 0 Å². The Bertz CT molecular complexity index is 1820. The second kappa shape index (κ2) is 11.5. The fourth-order valence-electron chi connectivity index (χ4n) is 3.96. The van der Waals surface area contributed by atoms with Crippen molar-refractivity contribution in [1.29, 1.82) is 0 Å². The summed E-state index contributed by atoms with van der Waals surface area (Å²) in [7, 11) is -9.63. The molecule has 0 fully saturated rings. The highest BCUT2D eigenvalue weighted by molar-refractivity contribution is 7.92. The van der Waals surface area contributed by atoms with Gasteiger partial charge in [-0.15, -0.1) is 0 Å². The summed E-state index contributed by atoms with van der Waals surface area (Å²) in [5, 5.41) is 10.1. The summed E-state index contributed by atoms with van der Waals surface area (Å²) in [5.74, 6) is -1.55. The highest BCUT2D eigenvalue weighted by Gasteiger charge is 2.38. The van der Waals surface area contributed by atoms with Crippen LogP contribution in [0.4, 0.5) is 42.5 Å². The smallest absolute Gasteiger partial charge is 0.417 e. The molecule has 0 aliphatic carbocycles. The Labute approximate surface area is 244 Å². The molecule has 20 heteroatoms. The molecule has 2 heterocycles. The van der Waals surface area contributed by atoms with E-state index in [4.69, 9.17) is 9.84 Å². The van der Waals surface area contributed by atoms with E-state index < -0.39 is 84.5 Å². The summed E-state index contributed by atoms with van der Waals surface area (Å²) < 4.78 is 138. The first kappa shape index (κ1) is 32.3. The van der Waals surface area contributed by atoms with Crippen LogP contribution in [-0.2, 0) is 37.2 Å². The van der Waals surface area contributed by atoms with E-state index in [1.165, 1.54) is 0 Å². The van der Waals surface area contributed by atoms with Gasteiger partial charge in [-0.05, 0) is 48.5 Å². The van der Waals surface area contributed by atoms with Gasteiger partial charge in [-0.3, -0.25) is 14.4 Å². The van der Waals surface area contributed by atoms with Crippen molar-refractivity contribution >= 4 is 43.4 Å². The lowest BCUT2D eigenvalue weighted by molar-refractivity contribution is -0.138. The molecule has 1 aliphatic heterocycles. The van der Waals surface area contributed by atoms with Crippen LogP contribution in [-0.4, -0.2) is 51.6 Å². The average molecular weight is 669 g/mol. The van der Waals surface area contributed by atoms with Gasteiger partial charge in [0.15, 0.2) is 5.03 Å². The molecule has 12 nitrogen and oxygen atoms in total. The number of alkyl halides is 6. The fraction of sp³-hybridized carbons (Fsp3) is 0.208. The van der Waals surface area contributed by atoms with Gasteiger partial charge < -0.3 is 9.84 Å². The third-order valence-electron chi connectivity index (χ3n) is 5.89. The number of anilines is 2. The number of hydrogen-bond acceptors (Lipinski definition) is 8. The fourth-order valence-corrected chi connectivity index (χ4v) is 6.44. The lowest BCUT2D eigenvalue weighted by atomic mass is 10.1. The molecular formula is C24H18F6N4O8S2. The minimum Gasteiger partial charge on any atom is -0.486 e. The standard InChI is InChI=1S/C24H18F6N4O8S2/c25-23(26,27)13-2-1-3-17(8-13)44(40,41)34-12-16(42-19-6-5-15(9-18(19)34)32-22(36)37)10-20(35)33-43(38,39)21-7-4-14(11-31-21)24(28,29)30/h1-9,11,16,32H,10,12H2,(H,33,35)(H,36,37). The highest BCUT2D eigenvalue weighted by atomic mass is 32.2. The van der Waals surface area contributed by atoms with Crippen molar-refractivity contribution in [2.24, 2.45) is 0 Å². The summed E-state index contributed by atoms with van der Waals surface area (Å²) in [6.45, 7) is -0.756. The summed E-state index contributed by atoms with van der Waals surface area (Å²) in [6, 6.07) is 6.97. The zero-order chi connectivity index (χ0) is 32.7. The van der Waals surface area contributed by atoms with Crippen molar-refractivity contribution in [3.63, 3.8) is 0 Å². The van der Waals surface area contributed by atoms with Crippen molar-refractivity contribution in [2.75, 3.05) is 16.2 Å². The van der Waals surface area contributed by atoms with Crippen LogP contribution in [0.1, 0.15) is 17.5 Å². The molecule has 0 bridgehead atoms. The Morgan fingerprint density at radius 3 is 2.23 bits per heavy atom. The number of amides is 2. The molecule has 236 valence electrons. The van der Waals surface area contributed by atoms with Crippen LogP contribution >= 0.6 is 0 Å². The van der Waals surface area contributed by atoms with Gasteiger partial charge in [0, 0.05) is 11.9 Å². The molecule has 1 aliphatic rings. The Hall–Kier alpha value is -4.59. The maximum Gasteiger partial charge on any atom is 0.417 e. The van der Waals surface area contributed by atoms with Gasteiger partial charge in [0.25, 0.3) is 20.0 Å². The molecule has 4 rings (SSSR count). The van der Waals surface area contributed by atoms with Crippen LogP contribution in [0.3, 0.4) is 0 Å². The Morgan fingerprint density at radius 2 is 1.64 bits per heavy atom. The molecule has 0 saturated heterocycles. The number of hydrogen-bond donors (Lipinski definition) is 3. The van der Waals surface area contributed by atoms with Crippen LogP contribution in [0.15, 0.2) is 70.7 Å². The number of ether oxygens (including phenoxy) is 1. The van der Waals surface area contributed by atoms with Gasteiger partial charge in [0.05, 0.1) is 34.7 Å². The number of benzene rings is 2. The number of nitrogens with one attached hydrogen (secondary N) is 2. The van der Waals surface area contributed by atoms with Gasteiger partial charge in [-0.25, -0.2) is 22.9 Å². The number of sulfonamides is 2. The monoisotopic (exact) mass is 668 g/mol. The molecular weight excluding hydrogens is 650 g/mol. The van der Waals surface area contributed by atoms with Crippen LogP contribution in [0.5, 0.6) is 5.75 Å². The second-order valence-corrected chi connectivity index (χ2v) is 12.5. The molecule has 1 atom stereocenters. The molecule has 0 spiro atoms. The van der Waals surface area contributed by atoms with Gasteiger partial charge in [-0.1, -0.05) is 6.07 Å². The zero-order valence-corrected chi connectivity index (χ0v) is 23.2. The molecule has 0 saturated carbocycles. The summed E-state index contributed by atoms with van der Waals surface area (Å²) in [4.78, 5) is 26.1.